The molecule has 1 spiro atoms. The first-order valence-corrected chi connectivity index (χ1v) is 9.51. The lowest BCUT2D eigenvalue weighted by Crippen LogP contribution is -2.42. The van der Waals surface area contributed by atoms with E-state index in [0.717, 1.165) is 29.5 Å². The van der Waals surface area contributed by atoms with Crippen LogP contribution in [0.15, 0.2) is 47.1 Å². The first kappa shape index (κ1) is 15.6. The second kappa shape index (κ2) is 4.77. The van der Waals surface area contributed by atoms with Gasteiger partial charge in [0.05, 0.1) is 6.26 Å². The van der Waals surface area contributed by atoms with Crippen molar-refractivity contribution in [1.82, 2.24) is 4.90 Å². The maximum atomic E-state index is 13.1. The van der Waals surface area contributed by atoms with Gasteiger partial charge < -0.3 is 14.1 Å². The highest BCUT2D eigenvalue weighted by molar-refractivity contribution is 9.10. The van der Waals surface area contributed by atoms with Crippen LogP contribution in [0.3, 0.4) is 0 Å². The number of alkyl halides is 1. The van der Waals surface area contributed by atoms with Crippen molar-refractivity contribution in [2.75, 3.05) is 13.1 Å². The van der Waals surface area contributed by atoms with Crippen LogP contribution in [-0.4, -0.2) is 34.0 Å². The molecule has 0 aliphatic carbocycles. The van der Waals surface area contributed by atoms with Crippen molar-refractivity contribution in [3.05, 3.63) is 48.2 Å². The minimum absolute atomic E-state index is 0.0912. The smallest absolute Gasteiger partial charge is 0.259 e. The first-order valence-electron chi connectivity index (χ1n) is 8.71. The zero-order chi connectivity index (χ0) is 17.4. The number of rotatable bonds is 3. The number of carbonyl (C=O) groups excluding carboxylic acids is 1. The van der Waals surface area contributed by atoms with Gasteiger partial charge in [0.15, 0.2) is 5.60 Å². The molecule has 0 unspecified atom stereocenters. The number of amides is 1. The predicted octanol–water partition coefficient (Wildman–Crippen LogP) is 3.89. The van der Waals surface area contributed by atoms with Gasteiger partial charge in [0.2, 0.25) is 0 Å². The average Bonchev–Trinajstić information content (AvgIpc) is 3.27. The molecule has 4 nitrogen and oxygen atoms in total. The third-order valence-electron chi connectivity index (χ3n) is 6.37. The van der Waals surface area contributed by atoms with Crippen molar-refractivity contribution in [3.8, 4) is 0 Å². The largest absolute Gasteiger partial charge is 0.464 e. The van der Waals surface area contributed by atoms with Crippen LogP contribution in [0.5, 0.6) is 0 Å². The molecule has 0 radical (unpaired) electrons. The summed E-state index contributed by atoms with van der Waals surface area (Å²) in [5.74, 6) is 0.256. The minimum atomic E-state index is -0.786. The zero-order valence-corrected chi connectivity index (χ0v) is 15.9. The predicted molar refractivity (Wildman–Crippen MR) is 98.4 cm³/mol. The summed E-state index contributed by atoms with van der Waals surface area (Å²) in [6, 6.07) is 8.02. The Morgan fingerprint density at radius 3 is 2.88 bits per heavy atom. The van der Waals surface area contributed by atoms with E-state index in [2.05, 4.69) is 35.8 Å². The third-order valence-corrected chi connectivity index (χ3v) is 7.81. The summed E-state index contributed by atoms with van der Waals surface area (Å²) < 4.78 is 11.3. The van der Waals surface area contributed by atoms with Crippen LogP contribution in [0, 0.1) is 11.3 Å². The molecular formula is C20H20BrNO3. The minimum Gasteiger partial charge on any atom is -0.464 e. The summed E-state index contributed by atoms with van der Waals surface area (Å²) in [5, 5.41) is 1.13. The number of hydrogen-bond donors (Lipinski definition) is 0. The fourth-order valence-electron chi connectivity index (χ4n) is 4.70. The van der Waals surface area contributed by atoms with Crippen LogP contribution in [-0.2, 0) is 16.0 Å². The summed E-state index contributed by atoms with van der Waals surface area (Å²) >= 11 is 3.71. The summed E-state index contributed by atoms with van der Waals surface area (Å²) in [6.07, 6.45) is 6.57. The molecule has 2 aromatic rings. The van der Waals surface area contributed by atoms with Crippen molar-refractivity contribution >= 4 is 32.8 Å². The zero-order valence-electron chi connectivity index (χ0n) is 14.3. The molecule has 3 aliphatic heterocycles. The number of likely N-dealkylation sites (tertiary alicyclic amines) is 1. The molecular weight excluding hydrogens is 382 g/mol. The maximum Gasteiger partial charge on any atom is 0.259 e. The van der Waals surface area contributed by atoms with Crippen molar-refractivity contribution < 1.29 is 13.9 Å². The second-order valence-electron chi connectivity index (χ2n) is 7.91. The van der Waals surface area contributed by atoms with Crippen LogP contribution >= 0.6 is 15.9 Å². The van der Waals surface area contributed by atoms with Crippen molar-refractivity contribution in [2.45, 2.75) is 30.4 Å². The fraction of sp³-hybridized carbons (Fsp3) is 0.450. The maximum absolute atomic E-state index is 13.1. The van der Waals surface area contributed by atoms with Gasteiger partial charge in [-0.05, 0) is 46.1 Å². The summed E-state index contributed by atoms with van der Waals surface area (Å²) in [7, 11) is 0. The van der Waals surface area contributed by atoms with Gasteiger partial charge in [-0.15, -0.1) is 0 Å². The summed E-state index contributed by atoms with van der Waals surface area (Å²) in [4.78, 5) is 15.1. The molecule has 3 atom stereocenters. The number of benzene rings is 1. The summed E-state index contributed by atoms with van der Waals surface area (Å²) in [6.45, 7) is 5.78. The standard InChI is InChI=1S/C20H20BrNO3/c1-18(2)16-11-22(17(23)19(16)8-9-20(18,21)25-19)10-7-13-12-24-15-6-4-3-5-14(13)15/h3-6,8-9,12,16H,7,10-11H2,1-2H3/t16-,19+,20-/m0/s1. The topological polar surface area (TPSA) is 42.7 Å². The van der Waals surface area contributed by atoms with Gasteiger partial charge in [-0.1, -0.05) is 32.0 Å². The lowest BCUT2D eigenvalue weighted by molar-refractivity contribution is -0.143. The Morgan fingerprint density at radius 2 is 2.08 bits per heavy atom. The Balaban J connectivity index is 1.39. The molecule has 5 heteroatoms. The number of halogens is 1. The highest BCUT2D eigenvalue weighted by Gasteiger charge is 2.74. The third kappa shape index (κ3) is 1.83. The Kier molecular flexibility index (Phi) is 2.99. The van der Waals surface area contributed by atoms with Gasteiger partial charge in [0.25, 0.3) is 5.91 Å². The number of fused-ring (bicyclic) bond motifs is 2. The number of furan rings is 1. The van der Waals surface area contributed by atoms with Gasteiger partial charge >= 0.3 is 0 Å². The van der Waals surface area contributed by atoms with Crippen LogP contribution < -0.4 is 0 Å². The Hall–Kier alpha value is -1.59. The quantitative estimate of drug-likeness (QED) is 0.578. The van der Waals surface area contributed by atoms with E-state index in [1.165, 1.54) is 0 Å². The second-order valence-corrected chi connectivity index (χ2v) is 9.08. The molecule has 130 valence electrons. The van der Waals surface area contributed by atoms with Gasteiger partial charge in [0.1, 0.15) is 10.1 Å². The molecule has 4 heterocycles. The molecule has 2 fully saturated rings. The molecule has 3 aliphatic rings. The van der Waals surface area contributed by atoms with Gasteiger partial charge in [-0.2, -0.15) is 0 Å². The van der Waals surface area contributed by atoms with E-state index in [-0.39, 0.29) is 17.2 Å². The SMILES string of the molecule is CC1(C)[C@@H]2CN(CCc3coc4ccccc34)C(=O)[C@@]23C=C[C@]1(Br)O3. The van der Waals surface area contributed by atoms with Crippen molar-refractivity contribution in [1.29, 1.82) is 0 Å². The van der Waals surface area contributed by atoms with Crippen LogP contribution in [0.2, 0.25) is 0 Å². The molecule has 5 rings (SSSR count). The normalized spacial score (nSPS) is 35.1. The average molecular weight is 402 g/mol. The van der Waals surface area contributed by atoms with Gasteiger partial charge in [-0.25, -0.2) is 0 Å². The van der Waals surface area contributed by atoms with E-state index < -0.39 is 10.1 Å². The number of para-hydroxylation sites is 1. The van der Waals surface area contributed by atoms with Crippen LogP contribution in [0.1, 0.15) is 19.4 Å². The summed E-state index contributed by atoms with van der Waals surface area (Å²) in [5.41, 5.74) is 1.13. The Morgan fingerprint density at radius 1 is 1.28 bits per heavy atom. The molecule has 0 N–H and O–H groups in total. The molecule has 25 heavy (non-hydrogen) atoms. The van der Waals surface area contributed by atoms with Crippen molar-refractivity contribution in [2.24, 2.45) is 11.3 Å². The van der Waals surface area contributed by atoms with E-state index in [4.69, 9.17) is 9.15 Å². The fourth-order valence-corrected chi connectivity index (χ4v) is 5.38. The van der Waals surface area contributed by atoms with Crippen molar-refractivity contribution in [3.63, 3.8) is 0 Å². The van der Waals surface area contributed by atoms with E-state index in [0.29, 0.717) is 6.54 Å². The molecule has 2 bridgehead atoms. The van der Waals surface area contributed by atoms with E-state index in [9.17, 15) is 4.79 Å². The van der Waals surface area contributed by atoms with Crippen LogP contribution in [0.4, 0.5) is 0 Å². The Labute approximate surface area is 154 Å². The molecule has 0 saturated carbocycles. The first-order chi connectivity index (χ1) is 11.9. The number of nitrogens with zero attached hydrogens (tertiary/aromatic N) is 1. The molecule has 1 aromatic carbocycles. The lowest BCUT2D eigenvalue weighted by Gasteiger charge is -2.36. The van der Waals surface area contributed by atoms with Crippen LogP contribution in [0.25, 0.3) is 11.0 Å². The highest BCUT2D eigenvalue weighted by atomic mass is 79.9. The number of ether oxygens (including phenoxy) is 1. The molecule has 2 saturated heterocycles. The van der Waals surface area contributed by atoms with Gasteiger partial charge in [-0.3, -0.25) is 4.79 Å². The Bertz CT molecular complexity index is 917. The lowest BCUT2D eigenvalue weighted by atomic mass is 9.68. The molecule has 1 amide bonds. The van der Waals surface area contributed by atoms with E-state index >= 15 is 0 Å². The number of hydrogen-bond acceptors (Lipinski definition) is 3. The molecule has 1 aromatic heterocycles. The van der Waals surface area contributed by atoms with Gasteiger partial charge in [0, 0.05) is 29.8 Å². The monoisotopic (exact) mass is 401 g/mol. The number of carbonyl (C=O) groups is 1. The van der Waals surface area contributed by atoms with E-state index in [1.807, 2.05) is 41.5 Å². The highest BCUT2D eigenvalue weighted by Crippen LogP contribution is 2.65. The van der Waals surface area contributed by atoms with E-state index in [1.54, 1.807) is 0 Å².